The molecule has 0 radical (unpaired) electrons. The van der Waals surface area contributed by atoms with Gasteiger partial charge in [-0.15, -0.1) is 0 Å². The van der Waals surface area contributed by atoms with E-state index in [1.165, 1.54) is 0 Å². The molecular weight excluding hydrogens is 274 g/mol. The summed E-state index contributed by atoms with van der Waals surface area (Å²) in [4.78, 5) is 27.6. The quantitative estimate of drug-likeness (QED) is 0.708. The SMILES string of the molecule is O=C(CN1CCCC1=O)N[C@H]1COC[C@@H]1N1CCOCC1. The molecule has 3 fully saturated rings. The predicted molar refractivity (Wildman–Crippen MR) is 74.7 cm³/mol. The molecule has 0 aliphatic carbocycles. The normalized spacial score (nSPS) is 30.9. The Kier molecular flexibility index (Phi) is 4.72. The molecular formula is C14H23N3O4. The van der Waals surface area contributed by atoms with E-state index < -0.39 is 0 Å². The zero-order valence-electron chi connectivity index (χ0n) is 12.3. The number of hydrogen-bond acceptors (Lipinski definition) is 5. The molecule has 0 aromatic heterocycles. The van der Waals surface area contributed by atoms with E-state index in [9.17, 15) is 9.59 Å². The number of nitrogens with zero attached hydrogens (tertiary/aromatic N) is 2. The van der Waals surface area contributed by atoms with Crippen LogP contribution < -0.4 is 5.32 Å². The molecule has 3 saturated heterocycles. The lowest BCUT2D eigenvalue weighted by Gasteiger charge is -2.34. The van der Waals surface area contributed by atoms with Gasteiger partial charge in [0.2, 0.25) is 11.8 Å². The minimum absolute atomic E-state index is 0.00769. The van der Waals surface area contributed by atoms with Crippen molar-refractivity contribution in [2.75, 3.05) is 52.6 Å². The summed E-state index contributed by atoms with van der Waals surface area (Å²) in [6.45, 7) is 5.29. The predicted octanol–water partition coefficient (Wildman–Crippen LogP) is -1.18. The van der Waals surface area contributed by atoms with Crippen LogP contribution in [0, 0.1) is 0 Å². The summed E-state index contributed by atoms with van der Waals surface area (Å²) in [6, 6.07) is 0.223. The maximum atomic E-state index is 12.1. The second kappa shape index (κ2) is 6.72. The number of morpholine rings is 1. The van der Waals surface area contributed by atoms with Crippen LogP contribution in [-0.2, 0) is 19.1 Å². The Bertz CT molecular complexity index is 398. The second-order valence-corrected chi connectivity index (χ2v) is 5.85. The molecule has 3 rings (SSSR count). The fraction of sp³-hybridized carbons (Fsp3) is 0.857. The van der Waals surface area contributed by atoms with E-state index in [0.717, 1.165) is 32.7 Å². The fourth-order valence-electron chi connectivity index (χ4n) is 3.25. The third kappa shape index (κ3) is 3.53. The van der Waals surface area contributed by atoms with Crippen LogP contribution in [0.15, 0.2) is 0 Å². The van der Waals surface area contributed by atoms with Gasteiger partial charge in [0.1, 0.15) is 0 Å². The van der Waals surface area contributed by atoms with Crippen molar-refractivity contribution in [3.05, 3.63) is 0 Å². The van der Waals surface area contributed by atoms with Crippen molar-refractivity contribution in [1.29, 1.82) is 0 Å². The molecule has 3 heterocycles. The van der Waals surface area contributed by atoms with Gasteiger partial charge in [-0.1, -0.05) is 0 Å². The Morgan fingerprint density at radius 2 is 2.00 bits per heavy atom. The minimum atomic E-state index is -0.0843. The molecule has 2 atom stereocenters. The molecule has 118 valence electrons. The minimum Gasteiger partial charge on any atom is -0.379 e. The van der Waals surface area contributed by atoms with Gasteiger partial charge in [0, 0.05) is 26.1 Å². The largest absolute Gasteiger partial charge is 0.379 e. The van der Waals surface area contributed by atoms with Gasteiger partial charge in [-0.05, 0) is 6.42 Å². The lowest BCUT2D eigenvalue weighted by atomic mass is 10.1. The molecule has 1 N–H and O–H groups in total. The highest BCUT2D eigenvalue weighted by Gasteiger charge is 2.35. The summed E-state index contributed by atoms with van der Waals surface area (Å²) >= 11 is 0. The standard InChI is InChI=1S/C14H23N3O4/c18-13(8-17-3-1-2-14(17)19)15-11-9-21-10-12(11)16-4-6-20-7-5-16/h11-12H,1-10H2,(H,15,18)/t11-,12-/m0/s1. The lowest BCUT2D eigenvalue weighted by Crippen LogP contribution is -2.55. The second-order valence-electron chi connectivity index (χ2n) is 5.85. The maximum Gasteiger partial charge on any atom is 0.239 e. The van der Waals surface area contributed by atoms with Crippen molar-refractivity contribution < 1.29 is 19.1 Å². The molecule has 7 nitrogen and oxygen atoms in total. The first-order chi connectivity index (χ1) is 10.2. The van der Waals surface area contributed by atoms with Crippen LogP contribution >= 0.6 is 0 Å². The summed E-state index contributed by atoms with van der Waals surface area (Å²) in [7, 11) is 0. The zero-order chi connectivity index (χ0) is 14.7. The first-order valence-corrected chi connectivity index (χ1v) is 7.71. The zero-order valence-corrected chi connectivity index (χ0v) is 12.3. The highest BCUT2D eigenvalue weighted by atomic mass is 16.5. The molecule has 21 heavy (non-hydrogen) atoms. The molecule has 0 bridgehead atoms. The van der Waals surface area contributed by atoms with Crippen LogP contribution in [-0.4, -0.2) is 86.3 Å². The third-order valence-electron chi connectivity index (χ3n) is 4.42. The van der Waals surface area contributed by atoms with E-state index in [0.29, 0.717) is 26.2 Å². The third-order valence-corrected chi connectivity index (χ3v) is 4.42. The van der Waals surface area contributed by atoms with E-state index in [1.807, 2.05) is 0 Å². The Morgan fingerprint density at radius 3 is 2.71 bits per heavy atom. The van der Waals surface area contributed by atoms with Gasteiger partial charge in [-0.2, -0.15) is 0 Å². The highest BCUT2D eigenvalue weighted by molar-refractivity contribution is 5.86. The molecule has 0 saturated carbocycles. The topological polar surface area (TPSA) is 71.1 Å². The van der Waals surface area contributed by atoms with Crippen LogP contribution in [0.1, 0.15) is 12.8 Å². The molecule has 0 aromatic rings. The number of amides is 2. The Labute approximate surface area is 124 Å². The van der Waals surface area contributed by atoms with Crippen molar-refractivity contribution in [1.82, 2.24) is 15.1 Å². The van der Waals surface area contributed by atoms with Gasteiger partial charge in [-0.25, -0.2) is 0 Å². The number of rotatable bonds is 4. The number of likely N-dealkylation sites (tertiary alicyclic amines) is 1. The van der Waals surface area contributed by atoms with Gasteiger partial charge in [0.05, 0.1) is 45.1 Å². The summed E-state index contributed by atoms with van der Waals surface area (Å²) in [5.74, 6) is -0.00318. The molecule has 0 spiro atoms. The van der Waals surface area contributed by atoms with E-state index in [-0.39, 0.29) is 30.4 Å². The van der Waals surface area contributed by atoms with E-state index in [1.54, 1.807) is 4.90 Å². The molecule has 3 aliphatic rings. The molecule has 3 aliphatic heterocycles. The molecule has 2 amide bonds. The lowest BCUT2D eigenvalue weighted by molar-refractivity contribution is -0.133. The van der Waals surface area contributed by atoms with Crippen molar-refractivity contribution in [3.8, 4) is 0 Å². The number of carbonyl (C=O) groups is 2. The monoisotopic (exact) mass is 297 g/mol. The summed E-state index contributed by atoms with van der Waals surface area (Å²) in [6.07, 6.45) is 1.42. The maximum absolute atomic E-state index is 12.1. The summed E-state index contributed by atoms with van der Waals surface area (Å²) < 4.78 is 10.9. The summed E-state index contributed by atoms with van der Waals surface area (Å²) in [5, 5.41) is 3.03. The van der Waals surface area contributed by atoms with Crippen molar-refractivity contribution in [2.45, 2.75) is 24.9 Å². The molecule has 0 aromatic carbocycles. The van der Waals surface area contributed by atoms with E-state index >= 15 is 0 Å². The average molecular weight is 297 g/mol. The van der Waals surface area contributed by atoms with Gasteiger partial charge in [0.15, 0.2) is 0 Å². The Morgan fingerprint density at radius 1 is 1.19 bits per heavy atom. The smallest absolute Gasteiger partial charge is 0.239 e. The van der Waals surface area contributed by atoms with Crippen LogP contribution in [0.5, 0.6) is 0 Å². The average Bonchev–Trinajstić information content (AvgIpc) is 3.10. The summed E-state index contributed by atoms with van der Waals surface area (Å²) in [5.41, 5.74) is 0. The van der Waals surface area contributed by atoms with Gasteiger partial charge >= 0.3 is 0 Å². The Hall–Kier alpha value is -1.18. The molecule has 7 heteroatoms. The van der Waals surface area contributed by atoms with E-state index in [4.69, 9.17) is 9.47 Å². The first-order valence-electron chi connectivity index (χ1n) is 7.71. The number of nitrogens with one attached hydrogen (secondary N) is 1. The van der Waals surface area contributed by atoms with Gasteiger partial charge < -0.3 is 19.7 Å². The first kappa shape index (κ1) is 14.7. The van der Waals surface area contributed by atoms with Gasteiger partial charge in [-0.3, -0.25) is 14.5 Å². The molecule has 0 unspecified atom stereocenters. The Balaban J connectivity index is 1.50. The number of carbonyl (C=O) groups excluding carboxylic acids is 2. The van der Waals surface area contributed by atoms with Crippen molar-refractivity contribution >= 4 is 11.8 Å². The van der Waals surface area contributed by atoms with E-state index in [2.05, 4.69) is 10.2 Å². The van der Waals surface area contributed by atoms with Crippen LogP contribution in [0.25, 0.3) is 0 Å². The van der Waals surface area contributed by atoms with Crippen LogP contribution in [0.2, 0.25) is 0 Å². The van der Waals surface area contributed by atoms with Crippen LogP contribution in [0.4, 0.5) is 0 Å². The fourth-order valence-corrected chi connectivity index (χ4v) is 3.25. The van der Waals surface area contributed by atoms with Crippen molar-refractivity contribution in [2.24, 2.45) is 0 Å². The van der Waals surface area contributed by atoms with Gasteiger partial charge in [0.25, 0.3) is 0 Å². The highest BCUT2D eigenvalue weighted by Crippen LogP contribution is 2.15. The number of hydrogen-bond donors (Lipinski definition) is 1. The number of ether oxygens (including phenoxy) is 2. The van der Waals surface area contributed by atoms with Crippen molar-refractivity contribution in [3.63, 3.8) is 0 Å². The van der Waals surface area contributed by atoms with Crippen LogP contribution in [0.3, 0.4) is 0 Å².